The second-order valence-corrected chi connectivity index (χ2v) is 5.87. The van der Waals surface area contributed by atoms with Crippen LogP contribution in [0.2, 0.25) is 0 Å². The summed E-state index contributed by atoms with van der Waals surface area (Å²) in [6.45, 7) is 3.53. The van der Waals surface area contributed by atoms with E-state index < -0.39 is 11.5 Å². The Labute approximate surface area is 154 Å². The van der Waals surface area contributed by atoms with Crippen LogP contribution in [0, 0.1) is 6.92 Å². The van der Waals surface area contributed by atoms with Crippen molar-refractivity contribution in [3.63, 3.8) is 0 Å². The van der Waals surface area contributed by atoms with Crippen molar-refractivity contribution in [3.05, 3.63) is 63.9 Å². The number of nitrogens with zero attached hydrogens (tertiary/aromatic N) is 2. The van der Waals surface area contributed by atoms with Crippen molar-refractivity contribution in [1.29, 1.82) is 0 Å². The van der Waals surface area contributed by atoms with Gasteiger partial charge in [0.15, 0.2) is 0 Å². The molecule has 8 nitrogen and oxygen atoms in total. The first-order valence-electron chi connectivity index (χ1n) is 8.47. The third kappa shape index (κ3) is 3.89. The molecule has 0 atom stereocenters. The smallest absolute Gasteiger partial charge is 0.342 e. The van der Waals surface area contributed by atoms with Crippen LogP contribution in [-0.4, -0.2) is 28.0 Å². The molecule has 3 rings (SSSR count). The van der Waals surface area contributed by atoms with Crippen molar-refractivity contribution >= 4 is 23.0 Å². The molecule has 2 aromatic heterocycles. The minimum Gasteiger partial charge on any atom is -0.462 e. The molecule has 0 aliphatic rings. The van der Waals surface area contributed by atoms with Gasteiger partial charge in [0.25, 0.3) is 5.56 Å². The Morgan fingerprint density at radius 2 is 2.00 bits per heavy atom. The van der Waals surface area contributed by atoms with Gasteiger partial charge >= 0.3 is 5.97 Å². The number of carbonyl (C=O) groups is 2. The number of ether oxygens (including phenoxy) is 1. The highest BCUT2D eigenvalue weighted by molar-refractivity contribution is 6.03. The second kappa shape index (κ2) is 7.86. The first kappa shape index (κ1) is 18.4. The lowest BCUT2D eigenvalue weighted by atomic mass is 10.2. The largest absolute Gasteiger partial charge is 0.462 e. The Morgan fingerprint density at radius 3 is 2.70 bits per heavy atom. The number of hydrogen-bond acceptors (Lipinski definition) is 6. The van der Waals surface area contributed by atoms with Gasteiger partial charge in [-0.25, -0.2) is 9.78 Å². The first-order valence-corrected chi connectivity index (χ1v) is 8.47. The molecule has 0 saturated heterocycles. The van der Waals surface area contributed by atoms with Gasteiger partial charge in [-0.2, -0.15) is 0 Å². The summed E-state index contributed by atoms with van der Waals surface area (Å²) in [4.78, 5) is 41.1. The number of esters is 1. The second-order valence-electron chi connectivity index (χ2n) is 5.87. The number of hydrogen-bond donors (Lipinski definition) is 1. The predicted octanol–water partition coefficient (Wildman–Crippen LogP) is 1.79. The molecule has 3 aromatic rings. The number of aryl methyl sites for hydroxylation is 1. The molecule has 0 spiro atoms. The lowest BCUT2D eigenvalue weighted by Crippen LogP contribution is -2.32. The summed E-state index contributed by atoms with van der Waals surface area (Å²) >= 11 is 0. The summed E-state index contributed by atoms with van der Waals surface area (Å²) in [5, 5.41) is 2.76. The zero-order chi connectivity index (χ0) is 19.4. The summed E-state index contributed by atoms with van der Waals surface area (Å²) in [5.41, 5.74) is 0.501. The van der Waals surface area contributed by atoms with E-state index in [9.17, 15) is 14.4 Å². The lowest BCUT2D eigenvalue weighted by molar-refractivity contribution is -0.121. The Hall–Kier alpha value is -3.42. The molecule has 1 N–H and O–H groups in total. The molecule has 0 radical (unpaired) electrons. The van der Waals surface area contributed by atoms with Gasteiger partial charge in [0, 0.05) is 6.54 Å². The van der Waals surface area contributed by atoms with E-state index in [2.05, 4.69) is 10.3 Å². The Bertz CT molecular complexity index is 1040. The van der Waals surface area contributed by atoms with E-state index in [4.69, 9.17) is 9.15 Å². The molecule has 0 bridgehead atoms. The molecule has 1 aromatic carbocycles. The fourth-order valence-electron chi connectivity index (χ4n) is 2.71. The average molecular weight is 369 g/mol. The van der Waals surface area contributed by atoms with Crippen LogP contribution < -0.4 is 10.9 Å². The van der Waals surface area contributed by atoms with Crippen LogP contribution in [0.25, 0.3) is 11.1 Å². The Morgan fingerprint density at radius 1 is 1.26 bits per heavy atom. The number of rotatable bonds is 6. The highest BCUT2D eigenvalue weighted by atomic mass is 16.5. The molecule has 0 aliphatic heterocycles. The monoisotopic (exact) mass is 369 g/mol. The normalized spacial score (nSPS) is 10.7. The topological polar surface area (TPSA) is 103 Å². The van der Waals surface area contributed by atoms with Crippen molar-refractivity contribution < 1.29 is 18.7 Å². The summed E-state index contributed by atoms with van der Waals surface area (Å²) in [6, 6.07) is 9.42. The summed E-state index contributed by atoms with van der Waals surface area (Å²) < 4.78 is 11.5. The maximum atomic E-state index is 12.8. The maximum absolute atomic E-state index is 12.8. The molecule has 1 amide bonds. The molecule has 8 heteroatoms. The summed E-state index contributed by atoms with van der Waals surface area (Å²) in [6.07, 6.45) is 1.23. The minimum atomic E-state index is -0.654. The van der Waals surface area contributed by atoms with E-state index in [0.717, 1.165) is 10.1 Å². The van der Waals surface area contributed by atoms with E-state index >= 15 is 0 Å². The van der Waals surface area contributed by atoms with Gasteiger partial charge in [-0.05, 0) is 19.4 Å². The highest BCUT2D eigenvalue weighted by Crippen LogP contribution is 2.21. The van der Waals surface area contributed by atoms with Gasteiger partial charge in [-0.1, -0.05) is 30.3 Å². The standard InChI is InChI=1S/C19H19N3O5/c1-3-26-19(25)15-12(2)27-17-16(15)18(24)22(11-21-17)10-14(23)20-9-13-7-5-4-6-8-13/h4-8,11H,3,9-10H2,1-2H3,(H,20,23). The van der Waals surface area contributed by atoms with Gasteiger partial charge in [0.05, 0.1) is 6.61 Å². The van der Waals surface area contributed by atoms with Crippen molar-refractivity contribution in [1.82, 2.24) is 14.9 Å². The summed E-state index contributed by atoms with van der Waals surface area (Å²) in [7, 11) is 0. The van der Waals surface area contributed by atoms with Crippen molar-refractivity contribution in [2.75, 3.05) is 6.61 Å². The SMILES string of the molecule is CCOC(=O)c1c(C)oc2ncn(CC(=O)NCc3ccccc3)c(=O)c12. The number of nitrogens with one attached hydrogen (secondary N) is 1. The average Bonchev–Trinajstić information content (AvgIpc) is 3.00. The number of fused-ring (bicyclic) bond motifs is 1. The van der Waals surface area contributed by atoms with E-state index in [1.807, 2.05) is 30.3 Å². The fraction of sp³-hybridized carbons (Fsp3) is 0.263. The van der Waals surface area contributed by atoms with E-state index in [0.29, 0.717) is 6.54 Å². The zero-order valence-electron chi connectivity index (χ0n) is 15.0. The van der Waals surface area contributed by atoms with Crippen LogP contribution in [0.1, 0.15) is 28.6 Å². The van der Waals surface area contributed by atoms with E-state index in [1.165, 1.54) is 6.33 Å². The Kier molecular flexibility index (Phi) is 5.35. The van der Waals surface area contributed by atoms with Crippen LogP contribution in [0.3, 0.4) is 0 Å². The van der Waals surface area contributed by atoms with Gasteiger partial charge < -0.3 is 14.5 Å². The van der Waals surface area contributed by atoms with Crippen LogP contribution in [0.4, 0.5) is 0 Å². The fourth-order valence-corrected chi connectivity index (χ4v) is 2.71. The first-order chi connectivity index (χ1) is 13.0. The van der Waals surface area contributed by atoms with E-state index in [1.54, 1.807) is 13.8 Å². The van der Waals surface area contributed by atoms with Crippen LogP contribution in [0.5, 0.6) is 0 Å². The highest BCUT2D eigenvalue weighted by Gasteiger charge is 2.24. The van der Waals surface area contributed by atoms with Gasteiger partial charge in [0.2, 0.25) is 11.6 Å². The van der Waals surface area contributed by atoms with Crippen LogP contribution in [0.15, 0.2) is 45.9 Å². The van der Waals surface area contributed by atoms with Gasteiger partial charge in [0.1, 0.15) is 29.6 Å². The molecule has 0 unspecified atom stereocenters. The number of amides is 1. The lowest BCUT2D eigenvalue weighted by Gasteiger charge is -2.07. The van der Waals surface area contributed by atoms with Crippen molar-refractivity contribution in [3.8, 4) is 0 Å². The molecule has 0 saturated carbocycles. The number of carbonyl (C=O) groups excluding carboxylic acids is 2. The number of aromatic nitrogens is 2. The number of benzene rings is 1. The van der Waals surface area contributed by atoms with Crippen molar-refractivity contribution in [2.24, 2.45) is 0 Å². The predicted molar refractivity (Wildman–Crippen MR) is 97.3 cm³/mol. The number of furan rings is 1. The Balaban J connectivity index is 1.84. The molecule has 27 heavy (non-hydrogen) atoms. The molecule has 2 heterocycles. The molecular weight excluding hydrogens is 350 g/mol. The maximum Gasteiger partial charge on any atom is 0.342 e. The van der Waals surface area contributed by atoms with Crippen molar-refractivity contribution in [2.45, 2.75) is 26.9 Å². The summed E-state index contributed by atoms with van der Waals surface area (Å²) in [5.74, 6) is -0.752. The quantitative estimate of drug-likeness (QED) is 0.665. The molecular formula is C19H19N3O5. The molecule has 0 aliphatic carbocycles. The third-order valence-electron chi connectivity index (χ3n) is 3.98. The van der Waals surface area contributed by atoms with Gasteiger partial charge in [-0.3, -0.25) is 14.2 Å². The zero-order valence-corrected chi connectivity index (χ0v) is 15.0. The van der Waals surface area contributed by atoms with Crippen LogP contribution >= 0.6 is 0 Å². The van der Waals surface area contributed by atoms with Gasteiger partial charge in [-0.15, -0.1) is 0 Å². The molecule has 140 valence electrons. The third-order valence-corrected chi connectivity index (χ3v) is 3.98. The van der Waals surface area contributed by atoms with E-state index in [-0.39, 0.29) is 41.5 Å². The van der Waals surface area contributed by atoms with Crippen LogP contribution in [-0.2, 0) is 22.6 Å². The molecule has 0 fully saturated rings. The minimum absolute atomic E-state index is 0.0179.